The van der Waals surface area contributed by atoms with Crippen LogP contribution in [0.1, 0.15) is 0 Å². The zero-order valence-electron chi connectivity index (χ0n) is 11.6. The third-order valence-electron chi connectivity index (χ3n) is 3.00. The summed E-state index contributed by atoms with van der Waals surface area (Å²) in [7, 11) is 0. The van der Waals surface area contributed by atoms with Crippen molar-refractivity contribution >= 4 is 11.2 Å². The van der Waals surface area contributed by atoms with Crippen molar-refractivity contribution in [2.75, 3.05) is 12.4 Å². The Kier molecular flexibility index (Phi) is 4.47. The molecule has 0 radical (unpaired) electrons. The Balaban J connectivity index is 2.10. The van der Waals surface area contributed by atoms with Gasteiger partial charge < -0.3 is 9.66 Å². The normalized spacial score (nSPS) is 12.3. The summed E-state index contributed by atoms with van der Waals surface area (Å²) in [6.45, 7) is -0.162. The van der Waals surface area contributed by atoms with E-state index in [9.17, 15) is 4.55 Å². The van der Waals surface area contributed by atoms with Crippen LogP contribution >= 0.6 is 0 Å². The lowest BCUT2D eigenvalue weighted by Crippen LogP contribution is -2.11. The van der Waals surface area contributed by atoms with Crippen LogP contribution in [0, 0.1) is 0 Å². The minimum Gasteiger partial charge on any atom is -0.609 e. The maximum atomic E-state index is 12.1. The molecule has 3 heterocycles. The highest BCUT2D eigenvalue weighted by Crippen LogP contribution is 2.28. The molecule has 3 aromatic heterocycles. The predicted octanol–water partition coefficient (Wildman–Crippen LogP) is 1.63. The minimum absolute atomic E-state index is 0.136. The number of aliphatic hydroxyl groups is 1. The fourth-order valence-electron chi connectivity index (χ4n) is 2.02. The van der Waals surface area contributed by atoms with Crippen molar-refractivity contribution in [3.63, 3.8) is 0 Å². The first-order valence-corrected chi connectivity index (χ1v) is 8.03. The van der Waals surface area contributed by atoms with Crippen molar-refractivity contribution < 1.29 is 9.66 Å². The number of aromatic amines is 1. The summed E-state index contributed by atoms with van der Waals surface area (Å²) in [4.78, 5) is 16.1. The molecule has 3 rings (SSSR count). The first-order valence-electron chi connectivity index (χ1n) is 6.71. The molecule has 1 atom stereocenters. The molecule has 112 valence electrons. The van der Waals surface area contributed by atoms with Crippen molar-refractivity contribution in [2.24, 2.45) is 0 Å². The summed E-state index contributed by atoms with van der Waals surface area (Å²) >= 11 is -1.39. The number of imidazole rings is 1. The van der Waals surface area contributed by atoms with E-state index >= 15 is 0 Å². The summed E-state index contributed by atoms with van der Waals surface area (Å²) in [6, 6.07) is 11.1. The summed E-state index contributed by atoms with van der Waals surface area (Å²) in [5.41, 5.74) is 2.63. The van der Waals surface area contributed by atoms with E-state index in [2.05, 4.69) is 19.9 Å². The molecule has 0 fully saturated rings. The Morgan fingerprint density at radius 2 is 1.73 bits per heavy atom. The van der Waals surface area contributed by atoms with Crippen molar-refractivity contribution in [1.29, 1.82) is 0 Å². The van der Waals surface area contributed by atoms with Crippen LogP contribution in [0.2, 0.25) is 0 Å². The minimum atomic E-state index is -1.39. The van der Waals surface area contributed by atoms with Gasteiger partial charge in [-0.2, -0.15) is 4.98 Å². The smallest absolute Gasteiger partial charge is 0.321 e. The number of aromatic nitrogens is 4. The molecular formula is C15H14N4O2S. The highest BCUT2D eigenvalue weighted by Gasteiger charge is 2.22. The summed E-state index contributed by atoms with van der Waals surface area (Å²) in [5, 5.41) is 9.26. The summed E-state index contributed by atoms with van der Waals surface area (Å²) in [6.07, 6.45) is 3.36. The van der Waals surface area contributed by atoms with Crippen LogP contribution in [-0.2, 0) is 11.2 Å². The van der Waals surface area contributed by atoms with Gasteiger partial charge in [0.2, 0.25) is 0 Å². The van der Waals surface area contributed by atoms with Gasteiger partial charge in [0.05, 0.1) is 23.7 Å². The Morgan fingerprint density at radius 3 is 2.32 bits per heavy atom. The highest BCUT2D eigenvalue weighted by atomic mass is 32.2. The molecule has 6 nitrogen and oxygen atoms in total. The molecule has 0 spiro atoms. The maximum Gasteiger partial charge on any atom is 0.321 e. The van der Waals surface area contributed by atoms with E-state index in [4.69, 9.17) is 5.11 Å². The topological polar surface area (TPSA) is 97.8 Å². The van der Waals surface area contributed by atoms with Crippen LogP contribution in [-0.4, -0.2) is 42.0 Å². The molecule has 0 amide bonds. The monoisotopic (exact) mass is 314 g/mol. The molecule has 3 aromatic rings. The number of H-pyrrole nitrogens is 1. The third-order valence-corrected chi connectivity index (χ3v) is 4.18. The van der Waals surface area contributed by atoms with E-state index in [1.807, 2.05) is 36.4 Å². The van der Waals surface area contributed by atoms with E-state index in [-0.39, 0.29) is 12.4 Å². The molecule has 1 unspecified atom stereocenters. The predicted molar refractivity (Wildman–Crippen MR) is 83.4 cm³/mol. The Bertz CT molecular complexity index is 677. The Morgan fingerprint density at radius 1 is 1.05 bits per heavy atom. The van der Waals surface area contributed by atoms with Crippen LogP contribution < -0.4 is 0 Å². The number of aliphatic hydroxyl groups excluding tert-OH is 1. The molecule has 0 aliphatic heterocycles. The van der Waals surface area contributed by atoms with Crippen molar-refractivity contribution in [3.05, 3.63) is 48.8 Å². The van der Waals surface area contributed by atoms with E-state index in [0.29, 0.717) is 27.9 Å². The van der Waals surface area contributed by atoms with Gasteiger partial charge in [-0.25, -0.2) is 0 Å². The fourth-order valence-corrected chi connectivity index (χ4v) is 2.79. The van der Waals surface area contributed by atoms with Crippen LogP contribution in [0.25, 0.3) is 22.8 Å². The van der Waals surface area contributed by atoms with Gasteiger partial charge in [0.1, 0.15) is 11.4 Å². The quantitative estimate of drug-likeness (QED) is 0.698. The third kappa shape index (κ3) is 3.01. The van der Waals surface area contributed by atoms with Crippen molar-refractivity contribution in [2.45, 2.75) is 5.16 Å². The van der Waals surface area contributed by atoms with E-state index < -0.39 is 11.2 Å². The first kappa shape index (κ1) is 14.7. The summed E-state index contributed by atoms with van der Waals surface area (Å²) < 4.78 is 12.1. The SMILES string of the molecule is [O-][S+](CCO)c1nc(-c2ccccn2)c(-c2ccccn2)[nH]1. The number of pyridine rings is 2. The Labute approximate surface area is 130 Å². The van der Waals surface area contributed by atoms with Gasteiger partial charge in [-0.15, -0.1) is 0 Å². The van der Waals surface area contributed by atoms with Gasteiger partial charge in [-0.3, -0.25) is 15.0 Å². The molecular weight excluding hydrogens is 300 g/mol. The van der Waals surface area contributed by atoms with Gasteiger partial charge >= 0.3 is 5.16 Å². The lowest BCUT2D eigenvalue weighted by Gasteiger charge is -2.03. The molecule has 0 saturated carbocycles. The molecule has 22 heavy (non-hydrogen) atoms. The van der Waals surface area contributed by atoms with Crippen LogP contribution in [0.5, 0.6) is 0 Å². The van der Waals surface area contributed by atoms with Gasteiger partial charge in [-0.05, 0) is 24.3 Å². The van der Waals surface area contributed by atoms with Gasteiger partial charge in [0.25, 0.3) is 0 Å². The molecule has 0 bridgehead atoms. The number of hydrogen-bond acceptors (Lipinski definition) is 5. The molecule has 0 aromatic carbocycles. The number of rotatable bonds is 5. The second-order valence-electron chi connectivity index (χ2n) is 4.47. The van der Waals surface area contributed by atoms with Gasteiger partial charge in [-0.1, -0.05) is 12.1 Å². The van der Waals surface area contributed by atoms with Crippen LogP contribution in [0.4, 0.5) is 0 Å². The lowest BCUT2D eigenvalue weighted by atomic mass is 10.2. The maximum absolute atomic E-state index is 12.1. The number of nitrogens with one attached hydrogen (secondary N) is 1. The number of nitrogens with zero attached hydrogens (tertiary/aromatic N) is 3. The zero-order chi connectivity index (χ0) is 15.4. The van der Waals surface area contributed by atoms with Crippen molar-refractivity contribution in [1.82, 2.24) is 19.9 Å². The average molecular weight is 314 g/mol. The van der Waals surface area contributed by atoms with Gasteiger partial charge in [0, 0.05) is 23.6 Å². The molecule has 7 heteroatoms. The summed E-state index contributed by atoms with van der Waals surface area (Å²) in [5.74, 6) is 0.136. The largest absolute Gasteiger partial charge is 0.609 e. The van der Waals surface area contributed by atoms with E-state index in [1.54, 1.807) is 12.4 Å². The number of hydrogen-bond donors (Lipinski definition) is 2. The average Bonchev–Trinajstić information content (AvgIpc) is 3.02. The lowest BCUT2D eigenvalue weighted by molar-refractivity contribution is 0.319. The highest BCUT2D eigenvalue weighted by molar-refractivity contribution is 7.91. The van der Waals surface area contributed by atoms with Gasteiger partial charge in [0.15, 0.2) is 0 Å². The van der Waals surface area contributed by atoms with Crippen LogP contribution in [0.3, 0.4) is 0 Å². The second kappa shape index (κ2) is 6.69. The van der Waals surface area contributed by atoms with Crippen molar-refractivity contribution in [3.8, 4) is 22.8 Å². The standard InChI is InChI=1S/C15H14N4O2S/c20-9-10-22(21)15-18-13(11-5-1-3-7-16-11)14(19-15)12-6-2-4-8-17-12/h1-8,20H,9-10H2,(H,18,19). The molecule has 2 N–H and O–H groups in total. The molecule has 0 aliphatic carbocycles. The zero-order valence-corrected chi connectivity index (χ0v) is 12.5. The first-order chi connectivity index (χ1) is 10.8. The molecule has 0 saturated heterocycles. The Hall–Kier alpha value is -2.22. The fraction of sp³-hybridized carbons (Fsp3) is 0.133. The van der Waals surface area contributed by atoms with E-state index in [1.165, 1.54) is 0 Å². The van der Waals surface area contributed by atoms with E-state index in [0.717, 1.165) is 0 Å². The second-order valence-corrected chi connectivity index (χ2v) is 5.95. The van der Waals surface area contributed by atoms with Crippen LogP contribution in [0.15, 0.2) is 53.9 Å². The molecule has 0 aliphatic rings.